The van der Waals surface area contributed by atoms with Gasteiger partial charge in [0.1, 0.15) is 0 Å². The van der Waals surface area contributed by atoms with Gasteiger partial charge in [-0.05, 0) is 48.6 Å². The number of methoxy groups -OCH3 is 2. The van der Waals surface area contributed by atoms with Gasteiger partial charge in [-0.1, -0.05) is 18.2 Å². The van der Waals surface area contributed by atoms with Crippen molar-refractivity contribution in [2.75, 3.05) is 27.0 Å². The lowest BCUT2D eigenvalue weighted by molar-refractivity contribution is 0.354. The van der Waals surface area contributed by atoms with Crippen LogP contribution >= 0.6 is 35.7 Å². The van der Waals surface area contributed by atoms with Crippen LogP contribution in [0.1, 0.15) is 18.1 Å². The Bertz CT molecular complexity index is 724. The number of hydrogen-bond donors (Lipinski definition) is 2. The van der Waals surface area contributed by atoms with Gasteiger partial charge in [-0.2, -0.15) is 0 Å². The summed E-state index contributed by atoms with van der Waals surface area (Å²) in [6.07, 6.45) is 2.08. The average molecular weight is 501 g/mol. The van der Waals surface area contributed by atoms with Crippen molar-refractivity contribution in [2.24, 2.45) is 4.99 Å². The summed E-state index contributed by atoms with van der Waals surface area (Å²) in [7, 11) is 3.27. The lowest BCUT2D eigenvalue weighted by Crippen LogP contribution is -2.36. The number of guanidine groups is 1. The lowest BCUT2D eigenvalue weighted by Gasteiger charge is -2.12. The van der Waals surface area contributed by atoms with Gasteiger partial charge in [0, 0.05) is 18.0 Å². The van der Waals surface area contributed by atoms with E-state index in [1.54, 1.807) is 26.0 Å². The van der Waals surface area contributed by atoms with Crippen LogP contribution in [-0.4, -0.2) is 33.0 Å². The molecule has 0 radical (unpaired) electrons. The van der Waals surface area contributed by atoms with E-state index in [-0.39, 0.29) is 24.0 Å². The zero-order valence-electron chi connectivity index (χ0n) is 16.2. The second-order valence-electron chi connectivity index (χ2n) is 5.59. The number of rotatable bonds is 8. The number of benzene rings is 2. The number of hydrogen-bond acceptors (Lipinski definition) is 4. The van der Waals surface area contributed by atoms with Crippen LogP contribution in [0.2, 0.25) is 0 Å². The van der Waals surface area contributed by atoms with Crippen molar-refractivity contribution >= 4 is 41.7 Å². The highest BCUT2D eigenvalue weighted by Gasteiger charge is 2.05. The normalized spacial score (nSPS) is 10.7. The first-order valence-corrected chi connectivity index (χ1v) is 9.78. The first-order valence-electron chi connectivity index (χ1n) is 8.56. The van der Waals surface area contributed by atoms with Crippen molar-refractivity contribution in [1.29, 1.82) is 0 Å². The highest BCUT2D eigenvalue weighted by molar-refractivity contribution is 14.0. The summed E-state index contributed by atoms with van der Waals surface area (Å²) < 4.78 is 10.6. The molecule has 0 spiro atoms. The van der Waals surface area contributed by atoms with Crippen molar-refractivity contribution < 1.29 is 9.47 Å². The van der Waals surface area contributed by atoms with Crippen LogP contribution in [0, 0.1) is 0 Å². The standard InChI is InChI=1S/C20H27N3O2S.HI/c1-5-21-20(22-13-15-6-9-17(26-4)10-7-15)23-14-16-8-11-18(24-2)19(12-16)25-3;/h6-12H,5,13-14H2,1-4H3,(H2,21,22,23);1H. The number of nitrogens with one attached hydrogen (secondary N) is 2. The van der Waals surface area contributed by atoms with E-state index in [0.29, 0.717) is 12.3 Å². The van der Waals surface area contributed by atoms with Gasteiger partial charge in [0.15, 0.2) is 17.5 Å². The third kappa shape index (κ3) is 7.50. The molecule has 0 aliphatic rings. The summed E-state index contributed by atoms with van der Waals surface area (Å²) in [5.41, 5.74) is 2.28. The van der Waals surface area contributed by atoms with Crippen molar-refractivity contribution in [3.05, 3.63) is 53.6 Å². The Balaban J connectivity index is 0.00000364. The average Bonchev–Trinajstić information content (AvgIpc) is 2.70. The SMILES string of the molecule is CCNC(=NCc1ccc(OC)c(OC)c1)NCc1ccc(SC)cc1.I. The first kappa shape index (κ1) is 23.4. The van der Waals surface area contributed by atoms with Gasteiger partial charge in [-0.25, -0.2) is 4.99 Å². The molecule has 0 aliphatic heterocycles. The maximum atomic E-state index is 5.35. The number of thioether (sulfide) groups is 1. The van der Waals surface area contributed by atoms with E-state index >= 15 is 0 Å². The van der Waals surface area contributed by atoms with E-state index in [9.17, 15) is 0 Å². The van der Waals surface area contributed by atoms with E-state index < -0.39 is 0 Å². The Morgan fingerprint density at radius 1 is 0.963 bits per heavy atom. The van der Waals surface area contributed by atoms with Gasteiger partial charge >= 0.3 is 0 Å². The summed E-state index contributed by atoms with van der Waals surface area (Å²) in [5.74, 6) is 2.22. The molecule has 0 atom stereocenters. The van der Waals surface area contributed by atoms with Crippen LogP contribution in [0.3, 0.4) is 0 Å². The van der Waals surface area contributed by atoms with Gasteiger partial charge in [0.05, 0.1) is 20.8 Å². The number of aliphatic imine (C=N–C) groups is 1. The summed E-state index contributed by atoms with van der Waals surface area (Å²) >= 11 is 1.75. The minimum absolute atomic E-state index is 0. The molecular formula is C20H28IN3O2S. The fourth-order valence-corrected chi connectivity index (χ4v) is 2.83. The molecule has 5 nitrogen and oxygen atoms in total. The van der Waals surface area contributed by atoms with Crippen LogP contribution in [-0.2, 0) is 13.1 Å². The molecule has 0 fully saturated rings. The molecule has 2 N–H and O–H groups in total. The van der Waals surface area contributed by atoms with Gasteiger partial charge < -0.3 is 20.1 Å². The van der Waals surface area contributed by atoms with Crippen LogP contribution in [0.4, 0.5) is 0 Å². The summed E-state index contributed by atoms with van der Waals surface area (Å²) in [4.78, 5) is 5.92. The molecular weight excluding hydrogens is 473 g/mol. The Labute approximate surface area is 183 Å². The molecule has 0 heterocycles. The molecule has 2 aromatic carbocycles. The van der Waals surface area contributed by atoms with E-state index in [1.165, 1.54) is 10.5 Å². The number of nitrogens with zero attached hydrogens (tertiary/aromatic N) is 1. The van der Waals surface area contributed by atoms with Gasteiger partial charge in [0.2, 0.25) is 0 Å². The van der Waals surface area contributed by atoms with E-state index in [1.807, 2.05) is 18.2 Å². The second kappa shape index (κ2) is 12.7. The summed E-state index contributed by atoms with van der Waals surface area (Å²) in [6.45, 7) is 4.15. The molecule has 0 aromatic heterocycles. The van der Waals surface area contributed by atoms with Gasteiger partial charge in [-0.15, -0.1) is 35.7 Å². The minimum Gasteiger partial charge on any atom is -0.493 e. The highest BCUT2D eigenvalue weighted by atomic mass is 127. The van der Waals surface area contributed by atoms with Crippen molar-refractivity contribution in [1.82, 2.24) is 10.6 Å². The largest absolute Gasteiger partial charge is 0.493 e. The van der Waals surface area contributed by atoms with Crippen LogP contribution in [0.5, 0.6) is 11.5 Å². The number of halogens is 1. The third-order valence-corrected chi connectivity index (χ3v) is 4.57. The molecule has 2 rings (SSSR count). The molecule has 0 saturated carbocycles. The molecule has 0 bridgehead atoms. The molecule has 0 amide bonds. The molecule has 0 unspecified atom stereocenters. The van der Waals surface area contributed by atoms with Gasteiger partial charge in [-0.3, -0.25) is 0 Å². The highest BCUT2D eigenvalue weighted by Crippen LogP contribution is 2.27. The van der Waals surface area contributed by atoms with Crippen LogP contribution in [0.15, 0.2) is 52.4 Å². The van der Waals surface area contributed by atoms with Crippen molar-refractivity contribution in [2.45, 2.75) is 24.9 Å². The fourth-order valence-electron chi connectivity index (χ4n) is 2.42. The maximum absolute atomic E-state index is 5.35. The predicted molar refractivity (Wildman–Crippen MR) is 125 cm³/mol. The molecule has 2 aromatic rings. The van der Waals surface area contributed by atoms with Crippen LogP contribution < -0.4 is 20.1 Å². The zero-order valence-corrected chi connectivity index (χ0v) is 19.4. The molecule has 27 heavy (non-hydrogen) atoms. The second-order valence-corrected chi connectivity index (χ2v) is 6.47. The van der Waals surface area contributed by atoms with E-state index in [2.05, 4.69) is 53.1 Å². The zero-order chi connectivity index (χ0) is 18.8. The molecule has 0 saturated heterocycles. The monoisotopic (exact) mass is 501 g/mol. The quantitative estimate of drug-likeness (QED) is 0.245. The first-order chi connectivity index (χ1) is 12.7. The van der Waals surface area contributed by atoms with Crippen molar-refractivity contribution in [3.8, 4) is 11.5 Å². The Kier molecular flexibility index (Phi) is 11.0. The Morgan fingerprint density at radius 3 is 2.22 bits per heavy atom. The van der Waals surface area contributed by atoms with E-state index in [4.69, 9.17) is 9.47 Å². The molecule has 0 aliphatic carbocycles. The smallest absolute Gasteiger partial charge is 0.191 e. The van der Waals surface area contributed by atoms with Crippen LogP contribution in [0.25, 0.3) is 0 Å². The summed E-state index contributed by atoms with van der Waals surface area (Å²) in [5, 5.41) is 6.65. The third-order valence-electron chi connectivity index (χ3n) is 3.83. The Morgan fingerprint density at radius 2 is 1.63 bits per heavy atom. The maximum Gasteiger partial charge on any atom is 0.191 e. The lowest BCUT2D eigenvalue weighted by atomic mass is 10.2. The molecule has 148 valence electrons. The summed E-state index contributed by atoms with van der Waals surface area (Å²) in [6, 6.07) is 14.4. The molecule has 7 heteroatoms. The predicted octanol–water partition coefficient (Wildman–Crippen LogP) is 4.30. The van der Waals surface area contributed by atoms with Gasteiger partial charge in [0.25, 0.3) is 0 Å². The number of ether oxygens (including phenoxy) is 2. The van der Waals surface area contributed by atoms with Crippen molar-refractivity contribution in [3.63, 3.8) is 0 Å². The van der Waals surface area contributed by atoms with E-state index in [0.717, 1.165) is 30.4 Å². The minimum atomic E-state index is 0. The topological polar surface area (TPSA) is 54.9 Å². The fraction of sp³-hybridized carbons (Fsp3) is 0.350. The Hall–Kier alpha value is -1.61.